The number of hydrogen-bond acceptors (Lipinski definition) is 5. The standard InChI is InChI=1S/C15H20N4O/c1-2-4-14-17-15(20-18-14)10-19-8-7-12-11(9-19)5-3-6-13(12)16/h3,5-6H,2,4,7-10,16H2,1H3. The first-order chi connectivity index (χ1) is 9.76. The van der Waals surface area contributed by atoms with Gasteiger partial charge in [0.25, 0.3) is 0 Å². The molecule has 1 aromatic heterocycles. The van der Waals surface area contributed by atoms with Gasteiger partial charge in [0.05, 0.1) is 6.54 Å². The van der Waals surface area contributed by atoms with Gasteiger partial charge in [0.15, 0.2) is 5.82 Å². The zero-order valence-corrected chi connectivity index (χ0v) is 11.8. The zero-order chi connectivity index (χ0) is 13.9. The molecule has 5 heteroatoms. The van der Waals surface area contributed by atoms with E-state index in [2.05, 4.69) is 28.0 Å². The highest BCUT2D eigenvalue weighted by Crippen LogP contribution is 2.24. The molecule has 3 rings (SSSR count). The number of anilines is 1. The molecule has 1 aliphatic rings. The van der Waals surface area contributed by atoms with Crippen molar-refractivity contribution in [3.8, 4) is 0 Å². The van der Waals surface area contributed by atoms with E-state index in [0.717, 1.165) is 43.9 Å². The van der Waals surface area contributed by atoms with Gasteiger partial charge in [-0.05, 0) is 30.0 Å². The predicted octanol–water partition coefficient (Wildman–Crippen LogP) is 2.16. The van der Waals surface area contributed by atoms with Gasteiger partial charge >= 0.3 is 0 Å². The quantitative estimate of drug-likeness (QED) is 0.864. The van der Waals surface area contributed by atoms with Gasteiger partial charge in [-0.25, -0.2) is 0 Å². The van der Waals surface area contributed by atoms with Crippen molar-refractivity contribution in [3.05, 3.63) is 41.0 Å². The highest BCUT2D eigenvalue weighted by Gasteiger charge is 2.19. The molecule has 0 saturated heterocycles. The summed E-state index contributed by atoms with van der Waals surface area (Å²) in [5.74, 6) is 1.52. The summed E-state index contributed by atoms with van der Waals surface area (Å²) < 4.78 is 5.30. The Hall–Kier alpha value is -1.88. The largest absolute Gasteiger partial charge is 0.398 e. The fraction of sp³-hybridized carbons (Fsp3) is 0.467. The number of nitrogens with two attached hydrogens (primary N) is 1. The van der Waals surface area contributed by atoms with E-state index in [0.29, 0.717) is 12.4 Å². The van der Waals surface area contributed by atoms with Gasteiger partial charge in [-0.2, -0.15) is 4.98 Å². The molecular weight excluding hydrogens is 252 g/mol. The normalized spacial score (nSPS) is 15.2. The van der Waals surface area contributed by atoms with Crippen LogP contribution in [0.2, 0.25) is 0 Å². The molecule has 0 unspecified atom stereocenters. The van der Waals surface area contributed by atoms with Gasteiger partial charge in [-0.1, -0.05) is 24.2 Å². The van der Waals surface area contributed by atoms with E-state index in [4.69, 9.17) is 10.3 Å². The summed E-state index contributed by atoms with van der Waals surface area (Å²) in [4.78, 5) is 6.75. The lowest BCUT2D eigenvalue weighted by molar-refractivity contribution is 0.210. The van der Waals surface area contributed by atoms with Crippen molar-refractivity contribution < 1.29 is 4.52 Å². The fourth-order valence-corrected chi connectivity index (χ4v) is 2.70. The van der Waals surface area contributed by atoms with Crippen LogP contribution >= 0.6 is 0 Å². The molecule has 2 aromatic rings. The SMILES string of the molecule is CCCc1noc(CN2CCc3c(N)cccc3C2)n1. The maximum Gasteiger partial charge on any atom is 0.240 e. The van der Waals surface area contributed by atoms with Crippen LogP contribution in [0.25, 0.3) is 0 Å². The minimum atomic E-state index is 0.709. The molecule has 20 heavy (non-hydrogen) atoms. The Balaban J connectivity index is 1.68. The lowest BCUT2D eigenvalue weighted by Crippen LogP contribution is -2.30. The van der Waals surface area contributed by atoms with Gasteiger partial charge in [-0.15, -0.1) is 0 Å². The van der Waals surface area contributed by atoms with Crippen LogP contribution < -0.4 is 5.73 Å². The van der Waals surface area contributed by atoms with E-state index >= 15 is 0 Å². The average Bonchev–Trinajstić information content (AvgIpc) is 2.87. The fourth-order valence-electron chi connectivity index (χ4n) is 2.70. The van der Waals surface area contributed by atoms with Crippen molar-refractivity contribution in [3.63, 3.8) is 0 Å². The Morgan fingerprint density at radius 2 is 2.30 bits per heavy atom. The molecule has 0 amide bonds. The summed E-state index contributed by atoms with van der Waals surface area (Å²) in [6, 6.07) is 6.14. The average molecular weight is 272 g/mol. The Morgan fingerprint density at radius 3 is 3.15 bits per heavy atom. The predicted molar refractivity (Wildman–Crippen MR) is 77.0 cm³/mol. The van der Waals surface area contributed by atoms with E-state index in [1.165, 1.54) is 11.1 Å². The molecule has 5 nitrogen and oxygen atoms in total. The van der Waals surface area contributed by atoms with Crippen LogP contribution in [-0.4, -0.2) is 21.6 Å². The molecule has 0 fully saturated rings. The molecule has 0 spiro atoms. The first-order valence-electron chi connectivity index (χ1n) is 7.16. The summed E-state index contributed by atoms with van der Waals surface area (Å²) in [7, 11) is 0. The molecule has 0 aliphatic carbocycles. The van der Waals surface area contributed by atoms with Gasteiger partial charge in [-0.3, -0.25) is 4.90 Å². The minimum Gasteiger partial charge on any atom is -0.398 e. The van der Waals surface area contributed by atoms with E-state index in [9.17, 15) is 0 Å². The molecule has 1 aromatic carbocycles. The Bertz CT molecular complexity index is 593. The number of hydrogen-bond donors (Lipinski definition) is 1. The summed E-state index contributed by atoms with van der Waals surface area (Å²) in [5.41, 5.74) is 9.53. The Kier molecular flexibility index (Phi) is 3.69. The minimum absolute atomic E-state index is 0.709. The van der Waals surface area contributed by atoms with Crippen LogP contribution in [0.15, 0.2) is 22.7 Å². The van der Waals surface area contributed by atoms with E-state index in [1.54, 1.807) is 0 Å². The molecule has 2 N–H and O–H groups in total. The summed E-state index contributed by atoms with van der Waals surface area (Å²) in [6.07, 6.45) is 2.90. The van der Waals surface area contributed by atoms with E-state index < -0.39 is 0 Å². The van der Waals surface area contributed by atoms with Crippen molar-refractivity contribution >= 4 is 5.69 Å². The van der Waals surface area contributed by atoms with Crippen molar-refractivity contribution in [2.45, 2.75) is 39.3 Å². The highest BCUT2D eigenvalue weighted by molar-refractivity contribution is 5.51. The van der Waals surface area contributed by atoms with Crippen LogP contribution in [0.3, 0.4) is 0 Å². The second-order valence-corrected chi connectivity index (χ2v) is 5.30. The number of aryl methyl sites for hydroxylation is 1. The van der Waals surface area contributed by atoms with E-state index in [-0.39, 0.29) is 0 Å². The van der Waals surface area contributed by atoms with Crippen LogP contribution in [0.1, 0.15) is 36.2 Å². The Morgan fingerprint density at radius 1 is 1.40 bits per heavy atom. The molecule has 0 atom stereocenters. The van der Waals surface area contributed by atoms with Gasteiger partial charge < -0.3 is 10.3 Å². The van der Waals surface area contributed by atoms with Crippen molar-refractivity contribution in [1.82, 2.24) is 15.0 Å². The number of nitrogen functional groups attached to an aromatic ring is 1. The summed E-state index contributed by atoms with van der Waals surface area (Å²) >= 11 is 0. The molecule has 2 heterocycles. The van der Waals surface area contributed by atoms with Crippen LogP contribution in [0.5, 0.6) is 0 Å². The lowest BCUT2D eigenvalue weighted by atomic mass is 9.98. The molecule has 106 valence electrons. The number of benzene rings is 1. The highest BCUT2D eigenvalue weighted by atomic mass is 16.5. The Labute approximate surface area is 118 Å². The molecule has 0 radical (unpaired) electrons. The summed E-state index contributed by atoms with van der Waals surface area (Å²) in [6.45, 7) is 4.70. The number of nitrogens with zero attached hydrogens (tertiary/aromatic N) is 3. The second-order valence-electron chi connectivity index (χ2n) is 5.30. The van der Waals surface area contributed by atoms with Crippen LogP contribution in [-0.2, 0) is 25.9 Å². The summed E-state index contributed by atoms with van der Waals surface area (Å²) in [5, 5.41) is 4.00. The van der Waals surface area contributed by atoms with Gasteiger partial charge in [0, 0.05) is 25.2 Å². The van der Waals surface area contributed by atoms with Crippen molar-refractivity contribution in [2.24, 2.45) is 0 Å². The molecule has 0 bridgehead atoms. The van der Waals surface area contributed by atoms with Gasteiger partial charge in [0.2, 0.25) is 5.89 Å². The maximum absolute atomic E-state index is 6.02. The third-order valence-corrected chi connectivity index (χ3v) is 3.72. The maximum atomic E-state index is 6.02. The van der Waals surface area contributed by atoms with Crippen LogP contribution in [0.4, 0.5) is 5.69 Å². The topological polar surface area (TPSA) is 68.2 Å². The lowest BCUT2D eigenvalue weighted by Gasteiger charge is -2.28. The third kappa shape index (κ3) is 2.67. The molecular formula is C15H20N4O. The third-order valence-electron chi connectivity index (χ3n) is 3.72. The first kappa shape index (κ1) is 13.1. The van der Waals surface area contributed by atoms with E-state index in [1.807, 2.05) is 12.1 Å². The van der Waals surface area contributed by atoms with Gasteiger partial charge in [0.1, 0.15) is 0 Å². The number of fused-ring (bicyclic) bond motifs is 1. The molecule has 1 aliphatic heterocycles. The monoisotopic (exact) mass is 272 g/mol. The number of rotatable bonds is 4. The zero-order valence-electron chi connectivity index (χ0n) is 11.8. The smallest absolute Gasteiger partial charge is 0.240 e. The van der Waals surface area contributed by atoms with Crippen LogP contribution in [0, 0.1) is 0 Å². The second kappa shape index (κ2) is 5.63. The van der Waals surface area contributed by atoms with Crippen molar-refractivity contribution in [2.75, 3.05) is 12.3 Å². The molecule has 0 saturated carbocycles. The number of aromatic nitrogens is 2. The van der Waals surface area contributed by atoms with Crippen molar-refractivity contribution in [1.29, 1.82) is 0 Å². The first-order valence-corrected chi connectivity index (χ1v) is 7.16.